The first-order valence-electron chi connectivity index (χ1n) is 10.9. The molecule has 0 bridgehead atoms. The molecule has 0 aliphatic rings. The van der Waals surface area contributed by atoms with Gasteiger partial charge in [0.1, 0.15) is 14.9 Å². The third-order valence-electron chi connectivity index (χ3n) is 5.46. The normalized spacial score (nSPS) is 12.5. The predicted molar refractivity (Wildman–Crippen MR) is 145 cm³/mol. The van der Waals surface area contributed by atoms with Crippen LogP contribution < -0.4 is 14.2 Å². The van der Waals surface area contributed by atoms with E-state index in [9.17, 15) is 25.3 Å². The lowest BCUT2D eigenvalue weighted by atomic mass is 10.3. The molecule has 9 nitrogen and oxygen atoms in total. The van der Waals surface area contributed by atoms with Gasteiger partial charge in [0.05, 0.1) is 28.6 Å². The first-order chi connectivity index (χ1) is 17.3. The third-order valence-corrected chi connectivity index (χ3v) is 12.0. The molecule has 37 heavy (non-hydrogen) atoms. The van der Waals surface area contributed by atoms with Crippen LogP contribution in [-0.2, 0) is 29.9 Å². The van der Waals surface area contributed by atoms with E-state index in [-0.39, 0.29) is 26.2 Å². The Balaban J connectivity index is 1.71. The highest BCUT2D eigenvalue weighted by atomic mass is 32.2. The van der Waals surface area contributed by atoms with Crippen molar-refractivity contribution in [3.05, 3.63) is 72.8 Å². The zero-order valence-electron chi connectivity index (χ0n) is 20.0. The molecule has 4 aromatic rings. The number of anilines is 2. The minimum Gasteiger partial charge on any atom is -0.495 e. The summed E-state index contributed by atoms with van der Waals surface area (Å²) >= 11 is 1.09. The number of benzene rings is 3. The number of hydrogen-bond acceptors (Lipinski definition) is 8. The van der Waals surface area contributed by atoms with Crippen LogP contribution in [0.4, 0.5) is 11.4 Å². The Morgan fingerprint density at radius 2 is 1.35 bits per heavy atom. The van der Waals surface area contributed by atoms with Crippen molar-refractivity contribution in [2.24, 2.45) is 0 Å². The highest BCUT2D eigenvalue weighted by molar-refractivity contribution is 7.95. The van der Waals surface area contributed by atoms with E-state index in [4.69, 9.17) is 4.74 Å². The van der Waals surface area contributed by atoms with Crippen LogP contribution in [0.5, 0.6) is 5.75 Å². The van der Waals surface area contributed by atoms with Crippen LogP contribution >= 0.6 is 11.3 Å². The second-order valence-electron chi connectivity index (χ2n) is 8.27. The molecule has 0 saturated carbocycles. The van der Waals surface area contributed by atoms with Crippen molar-refractivity contribution in [3.8, 4) is 5.75 Å². The van der Waals surface area contributed by atoms with Crippen LogP contribution in [0.3, 0.4) is 0 Å². The second kappa shape index (κ2) is 9.97. The Bertz CT molecular complexity index is 1760. The summed E-state index contributed by atoms with van der Waals surface area (Å²) in [7, 11) is -10.9. The van der Waals surface area contributed by atoms with E-state index in [0.29, 0.717) is 0 Å². The number of fused-ring (bicyclic) bond motifs is 1. The molecule has 0 aliphatic carbocycles. The molecule has 0 saturated heterocycles. The summed E-state index contributed by atoms with van der Waals surface area (Å²) in [5, 5.41) is -0.00127. The van der Waals surface area contributed by atoms with Crippen molar-refractivity contribution in [1.82, 2.24) is 0 Å². The van der Waals surface area contributed by atoms with Crippen LogP contribution in [-0.4, -0.2) is 37.6 Å². The monoisotopic (exact) mass is 580 g/mol. The van der Waals surface area contributed by atoms with Crippen LogP contribution in [0, 0.1) is 0 Å². The van der Waals surface area contributed by atoms with E-state index in [0.717, 1.165) is 27.5 Å². The van der Waals surface area contributed by atoms with Crippen molar-refractivity contribution in [1.29, 1.82) is 0 Å². The third kappa shape index (κ3) is 5.44. The van der Waals surface area contributed by atoms with Gasteiger partial charge in [-0.1, -0.05) is 30.3 Å². The fraction of sp³-hybridized carbons (Fsp3) is 0.167. The maximum absolute atomic E-state index is 13.4. The van der Waals surface area contributed by atoms with E-state index in [1.54, 1.807) is 24.3 Å². The van der Waals surface area contributed by atoms with Gasteiger partial charge in [0.25, 0.3) is 20.0 Å². The largest absolute Gasteiger partial charge is 0.495 e. The molecule has 0 fully saturated rings. The molecule has 0 radical (unpaired) electrons. The molecule has 0 amide bonds. The molecule has 0 spiro atoms. The Labute approximate surface area is 220 Å². The molecular formula is C24H24N2O7S4. The second-order valence-corrected chi connectivity index (χ2v) is 15.4. The van der Waals surface area contributed by atoms with Gasteiger partial charge in [-0.05, 0) is 61.7 Å². The maximum Gasteiger partial charge on any atom is 0.271 e. The Hall–Kier alpha value is -3.13. The van der Waals surface area contributed by atoms with E-state index >= 15 is 0 Å². The molecule has 0 unspecified atom stereocenters. The van der Waals surface area contributed by atoms with Crippen molar-refractivity contribution in [3.63, 3.8) is 0 Å². The zero-order valence-corrected chi connectivity index (χ0v) is 23.3. The number of methoxy groups -OCH3 is 1. The number of rotatable bonds is 9. The molecule has 196 valence electrons. The smallest absolute Gasteiger partial charge is 0.271 e. The van der Waals surface area contributed by atoms with E-state index in [1.807, 2.05) is 12.1 Å². The zero-order chi connectivity index (χ0) is 27.0. The quantitative estimate of drug-likeness (QED) is 0.293. The highest BCUT2D eigenvalue weighted by Crippen LogP contribution is 2.34. The minimum absolute atomic E-state index is 0.00606. The summed E-state index contributed by atoms with van der Waals surface area (Å²) in [5.41, 5.74) is -0.0557. The van der Waals surface area contributed by atoms with Crippen LogP contribution in [0.1, 0.15) is 13.8 Å². The molecular weight excluding hydrogens is 557 g/mol. The Morgan fingerprint density at radius 3 is 1.95 bits per heavy atom. The number of hydrogen-bond donors (Lipinski definition) is 2. The average Bonchev–Trinajstić information content (AvgIpc) is 3.30. The average molecular weight is 581 g/mol. The molecule has 4 rings (SSSR count). The first kappa shape index (κ1) is 26.9. The Morgan fingerprint density at radius 1 is 0.757 bits per heavy atom. The SMILES string of the molecule is COc1ccc(S(=O)(=O)C(C)C)cc1S(=O)(=O)Nc1ccccc1NS(=O)(=O)c1cc2ccccc2s1. The molecule has 1 heterocycles. The Kier molecular flexibility index (Phi) is 7.25. The lowest BCUT2D eigenvalue weighted by Crippen LogP contribution is -2.19. The number of sulfonamides is 2. The number of para-hydroxylation sites is 2. The number of thiophene rings is 1. The molecule has 13 heteroatoms. The van der Waals surface area contributed by atoms with Crippen molar-refractivity contribution in [2.45, 2.75) is 33.1 Å². The van der Waals surface area contributed by atoms with E-state index in [1.165, 1.54) is 51.3 Å². The topological polar surface area (TPSA) is 136 Å². The molecule has 2 N–H and O–H groups in total. The first-order valence-corrected chi connectivity index (χ1v) is 16.2. The lowest BCUT2D eigenvalue weighted by Gasteiger charge is -2.16. The minimum atomic E-state index is -4.40. The van der Waals surface area contributed by atoms with Crippen molar-refractivity contribution < 1.29 is 30.0 Å². The molecule has 1 aromatic heterocycles. The number of nitrogens with one attached hydrogen (secondary N) is 2. The van der Waals surface area contributed by atoms with Gasteiger partial charge in [0, 0.05) is 4.70 Å². The predicted octanol–water partition coefficient (Wildman–Crippen LogP) is 4.69. The van der Waals surface area contributed by atoms with Gasteiger partial charge < -0.3 is 4.74 Å². The molecule has 0 aliphatic heterocycles. The lowest BCUT2D eigenvalue weighted by molar-refractivity contribution is 0.402. The summed E-state index contributed by atoms with van der Waals surface area (Å²) in [4.78, 5) is -0.582. The van der Waals surface area contributed by atoms with Crippen molar-refractivity contribution in [2.75, 3.05) is 16.6 Å². The van der Waals surface area contributed by atoms with Gasteiger partial charge in [-0.2, -0.15) is 0 Å². The fourth-order valence-corrected chi connectivity index (χ4v) is 8.37. The van der Waals surface area contributed by atoms with E-state index < -0.39 is 40.0 Å². The van der Waals surface area contributed by atoms with E-state index in [2.05, 4.69) is 9.44 Å². The van der Waals surface area contributed by atoms with Gasteiger partial charge in [-0.15, -0.1) is 11.3 Å². The molecule has 3 aromatic carbocycles. The maximum atomic E-state index is 13.4. The fourth-order valence-electron chi connectivity index (χ4n) is 3.46. The molecule has 0 atom stereocenters. The van der Waals surface area contributed by atoms with Crippen LogP contribution in [0.2, 0.25) is 0 Å². The summed E-state index contributed by atoms with van der Waals surface area (Å²) < 4.78 is 89.1. The summed E-state index contributed by atoms with van der Waals surface area (Å²) in [6.45, 7) is 2.98. The van der Waals surface area contributed by atoms with Gasteiger partial charge in [-0.3, -0.25) is 9.44 Å². The van der Waals surface area contributed by atoms with Gasteiger partial charge in [0.2, 0.25) is 0 Å². The van der Waals surface area contributed by atoms with Crippen LogP contribution in [0.25, 0.3) is 10.1 Å². The standard InChI is InChI=1S/C24H24N2O7S4/c1-16(2)35(27,28)18-12-13-21(33-3)23(15-18)36(29,30)25-19-9-5-6-10-20(19)26-37(31,32)24-14-17-8-4-7-11-22(17)34-24/h4-16,25-26H,1-3H3. The van der Waals surface area contributed by atoms with Gasteiger partial charge in [-0.25, -0.2) is 25.3 Å². The van der Waals surface area contributed by atoms with Gasteiger partial charge >= 0.3 is 0 Å². The highest BCUT2D eigenvalue weighted by Gasteiger charge is 2.27. The number of ether oxygens (including phenoxy) is 1. The summed E-state index contributed by atoms with van der Waals surface area (Å²) in [6.07, 6.45) is 0. The summed E-state index contributed by atoms with van der Waals surface area (Å²) in [5.74, 6) is -0.0708. The summed E-state index contributed by atoms with van der Waals surface area (Å²) in [6, 6.07) is 18.2. The van der Waals surface area contributed by atoms with Gasteiger partial charge in [0.15, 0.2) is 9.84 Å². The number of sulfone groups is 1. The van der Waals surface area contributed by atoms with Crippen LogP contribution in [0.15, 0.2) is 86.8 Å². The van der Waals surface area contributed by atoms with Crippen molar-refractivity contribution >= 4 is 62.7 Å².